The molecule has 0 radical (unpaired) electrons. The highest BCUT2D eigenvalue weighted by molar-refractivity contribution is 7.13. The van der Waals surface area contributed by atoms with Crippen molar-refractivity contribution in [2.45, 2.75) is 12.5 Å². The van der Waals surface area contributed by atoms with Crippen LogP contribution in [-0.2, 0) is 13.5 Å². The molecule has 0 spiro atoms. The highest BCUT2D eigenvalue weighted by atomic mass is 32.1. The first-order chi connectivity index (χ1) is 12.7. The molecule has 1 aromatic carbocycles. The Morgan fingerprint density at radius 2 is 1.85 bits per heavy atom. The average Bonchev–Trinajstić information content (AvgIpc) is 3.33. The molecule has 3 aromatic heterocycles. The molecule has 130 valence electrons. The van der Waals surface area contributed by atoms with Gasteiger partial charge < -0.3 is 10.3 Å². The molecular formula is C20H19N5S. The van der Waals surface area contributed by atoms with Crippen LogP contribution >= 0.6 is 11.3 Å². The van der Waals surface area contributed by atoms with E-state index < -0.39 is 0 Å². The number of nitrogens with two attached hydrogens (primary N) is 1. The number of aromatic nitrogens is 4. The van der Waals surface area contributed by atoms with E-state index in [-0.39, 0.29) is 6.04 Å². The summed E-state index contributed by atoms with van der Waals surface area (Å²) in [5, 5.41) is 0. The summed E-state index contributed by atoms with van der Waals surface area (Å²) in [6.45, 7) is 0. The maximum Gasteiger partial charge on any atom is 0.126 e. The molecule has 1 atom stereocenters. The molecule has 5 nitrogen and oxygen atoms in total. The van der Waals surface area contributed by atoms with Crippen LogP contribution in [0.2, 0.25) is 0 Å². The molecule has 6 heteroatoms. The highest BCUT2D eigenvalue weighted by Crippen LogP contribution is 2.28. The lowest BCUT2D eigenvalue weighted by molar-refractivity contribution is 0.626. The zero-order valence-electron chi connectivity index (χ0n) is 14.4. The lowest BCUT2D eigenvalue weighted by Gasteiger charge is -2.13. The van der Waals surface area contributed by atoms with Crippen LogP contribution in [0.15, 0.2) is 66.6 Å². The van der Waals surface area contributed by atoms with Crippen LogP contribution in [0.5, 0.6) is 0 Å². The molecule has 3 heterocycles. The van der Waals surface area contributed by atoms with Crippen molar-refractivity contribution in [3.63, 3.8) is 0 Å². The van der Waals surface area contributed by atoms with Crippen molar-refractivity contribution >= 4 is 11.3 Å². The number of pyridine rings is 1. The maximum atomic E-state index is 6.38. The Bertz CT molecular complexity index is 975. The summed E-state index contributed by atoms with van der Waals surface area (Å²) in [5.74, 6) is 0.859. The summed E-state index contributed by atoms with van der Waals surface area (Å²) in [6.07, 6.45) is 6.22. The zero-order valence-corrected chi connectivity index (χ0v) is 15.2. The Hall–Kier alpha value is -2.83. The summed E-state index contributed by atoms with van der Waals surface area (Å²) in [7, 11) is 2.01. The normalized spacial score (nSPS) is 12.2. The zero-order chi connectivity index (χ0) is 17.9. The van der Waals surface area contributed by atoms with Crippen LogP contribution in [0.4, 0.5) is 0 Å². The summed E-state index contributed by atoms with van der Waals surface area (Å²) >= 11 is 1.64. The predicted molar refractivity (Wildman–Crippen MR) is 105 cm³/mol. The fraction of sp³-hybridized carbons (Fsp3) is 0.150. The van der Waals surface area contributed by atoms with E-state index in [0.29, 0.717) is 6.42 Å². The molecule has 0 aliphatic heterocycles. The topological polar surface area (TPSA) is 69.6 Å². The molecule has 0 unspecified atom stereocenters. The fourth-order valence-electron chi connectivity index (χ4n) is 3.04. The van der Waals surface area contributed by atoms with Crippen molar-refractivity contribution in [1.82, 2.24) is 19.5 Å². The van der Waals surface area contributed by atoms with Crippen LogP contribution < -0.4 is 5.73 Å². The van der Waals surface area contributed by atoms with Gasteiger partial charge >= 0.3 is 0 Å². The first-order valence-corrected chi connectivity index (χ1v) is 9.27. The van der Waals surface area contributed by atoms with E-state index in [1.807, 2.05) is 43.2 Å². The summed E-state index contributed by atoms with van der Waals surface area (Å²) in [6, 6.07) is 14.1. The minimum absolute atomic E-state index is 0.194. The molecule has 4 rings (SSSR count). The van der Waals surface area contributed by atoms with Gasteiger partial charge in [-0.05, 0) is 23.3 Å². The van der Waals surface area contributed by atoms with Crippen molar-refractivity contribution < 1.29 is 0 Å². The Morgan fingerprint density at radius 1 is 1.04 bits per heavy atom. The molecule has 0 aliphatic carbocycles. The van der Waals surface area contributed by atoms with Gasteiger partial charge in [0, 0.05) is 31.6 Å². The number of benzene rings is 1. The number of nitrogens with zero attached hydrogens (tertiary/aromatic N) is 4. The van der Waals surface area contributed by atoms with Gasteiger partial charge in [-0.3, -0.25) is 9.97 Å². The van der Waals surface area contributed by atoms with E-state index in [1.54, 1.807) is 17.5 Å². The molecule has 4 aromatic rings. The second kappa shape index (κ2) is 7.19. The largest absolute Gasteiger partial charge is 0.330 e. The van der Waals surface area contributed by atoms with Gasteiger partial charge in [0.1, 0.15) is 5.82 Å². The predicted octanol–water partition coefficient (Wildman–Crippen LogP) is 3.85. The average molecular weight is 361 g/mol. The number of rotatable bonds is 5. The molecule has 0 amide bonds. The van der Waals surface area contributed by atoms with Crippen LogP contribution in [0, 0.1) is 0 Å². The van der Waals surface area contributed by atoms with E-state index in [2.05, 4.69) is 43.8 Å². The third kappa shape index (κ3) is 3.29. The number of hydrogen-bond acceptors (Lipinski definition) is 5. The Balaban J connectivity index is 1.57. The molecule has 0 saturated carbocycles. The van der Waals surface area contributed by atoms with Gasteiger partial charge in [0.05, 0.1) is 28.3 Å². The smallest absolute Gasteiger partial charge is 0.126 e. The lowest BCUT2D eigenvalue weighted by atomic mass is 10.1. The summed E-state index contributed by atoms with van der Waals surface area (Å²) in [5.41, 5.74) is 12.5. The van der Waals surface area contributed by atoms with E-state index in [0.717, 1.165) is 22.8 Å². The van der Waals surface area contributed by atoms with Gasteiger partial charge in [0.25, 0.3) is 0 Å². The Morgan fingerprint density at radius 3 is 2.54 bits per heavy atom. The second-order valence-corrected chi connectivity index (χ2v) is 7.02. The van der Waals surface area contributed by atoms with Crippen molar-refractivity contribution in [3.8, 4) is 21.7 Å². The molecule has 26 heavy (non-hydrogen) atoms. The van der Waals surface area contributed by atoms with Crippen LogP contribution in [-0.4, -0.2) is 19.5 Å². The van der Waals surface area contributed by atoms with Crippen molar-refractivity contribution in [1.29, 1.82) is 0 Å². The van der Waals surface area contributed by atoms with E-state index in [4.69, 9.17) is 5.73 Å². The molecular weight excluding hydrogens is 342 g/mol. The molecule has 0 fully saturated rings. The molecule has 0 aliphatic rings. The third-order valence-electron chi connectivity index (χ3n) is 4.41. The summed E-state index contributed by atoms with van der Waals surface area (Å²) in [4.78, 5) is 14.2. The van der Waals surface area contributed by atoms with Crippen molar-refractivity contribution in [2.75, 3.05) is 0 Å². The number of thiazole rings is 1. The first kappa shape index (κ1) is 16.6. The minimum atomic E-state index is -0.194. The first-order valence-electron chi connectivity index (χ1n) is 8.39. The van der Waals surface area contributed by atoms with Gasteiger partial charge in [0.15, 0.2) is 0 Å². The van der Waals surface area contributed by atoms with E-state index in [9.17, 15) is 0 Å². The van der Waals surface area contributed by atoms with Crippen LogP contribution in [0.1, 0.15) is 17.6 Å². The quantitative estimate of drug-likeness (QED) is 0.586. The Labute approximate surface area is 156 Å². The fourth-order valence-corrected chi connectivity index (χ4v) is 3.66. The van der Waals surface area contributed by atoms with Crippen LogP contribution in [0.25, 0.3) is 21.7 Å². The number of hydrogen-bond donors (Lipinski definition) is 1. The third-order valence-corrected chi connectivity index (χ3v) is 5.23. The van der Waals surface area contributed by atoms with Gasteiger partial charge in [-0.1, -0.05) is 30.3 Å². The van der Waals surface area contributed by atoms with E-state index in [1.165, 1.54) is 10.4 Å². The second-order valence-electron chi connectivity index (χ2n) is 6.14. The van der Waals surface area contributed by atoms with Gasteiger partial charge in [-0.25, -0.2) is 4.98 Å². The molecule has 0 saturated heterocycles. The van der Waals surface area contributed by atoms with Gasteiger partial charge in [-0.15, -0.1) is 11.3 Å². The van der Waals surface area contributed by atoms with E-state index >= 15 is 0 Å². The standard InChI is InChI=1S/C20H19N5S/c1-25-18(14-5-7-15(8-6-14)19-12-22-13-26-19)11-24-20(25)17(21)10-16-4-2-3-9-23-16/h2-9,11-13,17H,10,21H2,1H3/t17-/m0/s1. The SMILES string of the molecule is Cn1c(-c2ccc(-c3cncs3)cc2)cnc1[C@@H](N)Cc1ccccn1. The van der Waals surface area contributed by atoms with Crippen molar-refractivity contribution in [2.24, 2.45) is 12.8 Å². The number of imidazole rings is 1. The monoisotopic (exact) mass is 361 g/mol. The van der Waals surface area contributed by atoms with Gasteiger partial charge in [0.2, 0.25) is 0 Å². The van der Waals surface area contributed by atoms with Crippen LogP contribution in [0.3, 0.4) is 0 Å². The van der Waals surface area contributed by atoms with Gasteiger partial charge in [-0.2, -0.15) is 0 Å². The lowest BCUT2D eigenvalue weighted by Crippen LogP contribution is -2.18. The van der Waals surface area contributed by atoms with Crippen molar-refractivity contribution in [3.05, 3.63) is 78.1 Å². The Kier molecular flexibility index (Phi) is 4.60. The maximum absolute atomic E-state index is 6.38. The molecule has 2 N–H and O–H groups in total. The minimum Gasteiger partial charge on any atom is -0.330 e. The highest BCUT2D eigenvalue weighted by Gasteiger charge is 2.16. The molecule has 0 bridgehead atoms. The summed E-state index contributed by atoms with van der Waals surface area (Å²) < 4.78 is 2.06.